The third-order valence-corrected chi connectivity index (χ3v) is 2.46. The Morgan fingerprint density at radius 1 is 1.40 bits per heavy atom. The first kappa shape index (κ1) is 12.6. The van der Waals surface area contributed by atoms with Gasteiger partial charge >= 0.3 is 0 Å². The van der Waals surface area contributed by atoms with Gasteiger partial charge in [-0.15, -0.1) is 5.10 Å². The average molecular weight is 277 g/mol. The molecule has 2 N–H and O–H groups in total. The van der Waals surface area contributed by atoms with E-state index in [-0.39, 0.29) is 12.1 Å². The highest BCUT2D eigenvalue weighted by molar-refractivity contribution is 9.10. The quantitative estimate of drug-likeness (QED) is 0.845. The van der Waals surface area contributed by atoms with Crippen LogP contribution in [0.15, 0.2) is 4.60 Å². The first-order valence-electron chi connectivity index (χ1n) is 5.00. The van der Waals surface area contributed by atoms with Crippen molar-refractivity contribution in [3.8, 4) is 0 Å². The lowest BCUT2D eigenvalue weighted by atomic mass is 10.4. The summed E-state index contributed by atoms with van der Waals surface area (Å²) in [5.41, 5.74) is 0.865. The van der Waals surface area contributed by atoms with Gasteiger partial charge in [0.2, 0.25) is 0 Å². The van der Waals surface area contributed by atoms with Crippen molar-refractivity contribution in [2.24, 2.45) is 0 Å². The minimum Gasteiger partial charge on any atom is -0.392 e. The van der Waals surface area contributed by atoms with Crippen molar-refractivity contribution >= 4 is 15.9 Å². The van der Waals surface area contributed by atoms with Crippen LogP contribution in [0.4, 0.5) is 0 Å². The second kappa shape index (κ2) is 5.58. The smallest absolute Gasteiger partial charge is 0.152 e. The van der Waals surface area contributed by atoms with Crippen LogP contribution in [0.2, 0.25) is 0 Å². The van der Waals surface area contributed by atoms with Crippen molar-refractivity contribution < 1.29 is 5.11 Å². The summed E-state index contributed by atoms with van der Waals surface area (Å²) in [5, 5.41) is 20.7. The molecule has 1 rings (SSSR count). The van der Waals surface area contributed by atoms with Crippen LogP contribution in [0.1, 0.15) is 32.5 Å². The number of aromatic nitrogens is 3. The minimum atomic E-state index is -0.344. The topological polar surface area (TPSA) is 63.0 Å². The van der Waals surface area contributed by atoms with Crippen LogP contribution in [0.25, 0.3) is 0 Å². The lowest BCUT2D eigenvalue weighted by Crippen LogP contribution is -2.24. The minimum absolute atomic E-state index is 0.256. The fourth-order valence-corrected chi connectivity index (χ4v) is 1.46. The van der Waals surface area contributed by atoms with Crippen molar-refractivity contribution in [2.45, 2.75) is 39.5 Å². The zero-order valence-electron chi connectivity index (χ0n) is 9.24. The molecule has 0 spiro atoms. The molecule has 5 nitrogen and oxygen atoms in total. The van der Waals surface area contributed by atoms with E-state index >= 15 is 0 Å². The molecule has 0 bridgehead atoms. The number of nitrogens with one attached hydrogen (secondary N) is 1. The summed E-state index contributed by atoms with van der Waals surface area (Å²) in [5.74, 6) is 0. The van der Waals surface area contributed by atoms with Crippen molar-refractivity contribution in [1.82, 2.24) is 20.3 Å². The Hall–Kier alpha value is -0.460. The van der Waals surface area contributed by atoms with E-state index in [2.05, 4.69) is 31.4 Å². The summed E-state index contributed by atoms with van der Waals surface area (Å²) in [6.45, 7) is 6.96. The molecule has 0 saturated heterocycles. The van der Waals surface area contributed by atoms with Gasteiger partial charge in [-0.3, -0.25) is 0 Å². The molecule has 1 atom stereocenters. The highest BCUT2D eigenvalue weighted by atomic mass is 79.9. The van der Waals surface area contributed by atoms with Gasteiger partial charge in [0.1, 0.15) is 5.69 Å². The van der Waals surface area contributed by atoms with Gasteiger partial charge in [0.15, 0.2) is 4.60 Å². The first-order chi connectivity index (χ1) is 7.00. The van der Waals surface area contributed by atoms with E-state index in [4.69, 9.17) is 5.11 Å². The van der Waals surface area contributed by atoms with Crippen LogP contribution in [0, 0.1) is 0 Å². The second-order valence-electron chi connectivity index (χ2n) is 3.83. The maximum atomic E-state index is 9.08. The summed E-state index contributed by atoms with van der Waals surface area (Å²) in [6.07, 6.45) is -0.344. The molecule has 0 amide bonds. The van der Waals surface area contributed by atoms with Crippen LogP contribution >= 0.6 is 15.9 Å². The number of hydrogen-bond acceptors (Lipinski definition) is 4. The Kier molecular flexibility index (Phi) is 4.69. The molecule has 0 aliphatic carbocycles. The molecule has 6 heteroatoms. The number of aliphatic hydroxyl groups is 1. The molecule has 0 aliphatic heterocycles. The largest absolute Gasteiger partial charge is 0.392 e. The van der Waals surface area contributed by atoms with E-state index in [1.165, 1.54) is 0 Å². The standard InChI is InChI=1S/C9H17BrN4O/c1-6(2)14-12-8(9(10)13-14)5-11-4-7(3)15/h6-7,11,15H,4-5H2,1-3H3/t7-/m0/s1. The summed E-state index contributed by atoms with van der Waals surface area (Å²) < 4.78 is 0.759. The summed E-state index contributed by atoms with van der Waals surface area (Å²) in [4.78, 5) is 1.67. The number of nitrogens with zero attached hydrogens (tertiary/aromatic N) is 3. The number of aliphatic hydroxyl groups excluding tert-OH is 1. The molecular formula is C9H17BrN4O. The molecule has 15 heavy (non-hydrogen) atoms. The highest BCUT2D eigenvalue weighted by Gasteiger charge is 2.09. The molecule has 0 saturated carbocycles. The van der Waals surface area contributed by atoms with E-state index in [9.17, 15) is 0 Å². The zero-order valence-corrected chi connectivity index (χ0v) is 10.8. The molecular weight excluding hydrogens is 260 g/mol. The van der Waals surface area contributed by atoms with Gasteiger partial charge in [-0.2, -0.15) is 9.90 Å². The Morgan fingerprint density at radius 3 is 2.53 bits per heavy atom. The molecule has 1 heterocycles. The maximum absolute atomic E-state index is 9.08. The van der Waals surface area contributed by atoms with Gasteiger partial charge in [0.05, 0.1) is 12.1 Å². The first-order valence-corrected chi connectivity index (χ1v) is 5.80. The highest BCUT2D eigenvalue weighted by Crippen LogP contribution is 2.13. The molecule has 0 aliphatic rings. The summed E-state index contributed by atoms with van der Waals surface area (Å²) >= 11 is 3.36. The van der Waals surface area contributed by atoms with Crippen LogP contribution in [-0.2, 0) is 6.54 Å². The molecule has 1 aromatic rings. The maximum Gasteiger partial charge on any atom is 0.152 e. The summed E-state index contributed by atoms with van der Waals surface area (Å²) in [6, 6.07) is 0.256. The van der Waals surface area contributed by atoms with Crippen LogP contribution < -0.4 is 5.32 Å². The predicted molar refractivity (Wildman–Crippen MR) is 61.5 cm³/mol. The molecule has 0 unspecified atom stereocenters. The molecule has 0 radical (unpaired) electrons. The van der Waals surface area contributed by atoms with Crippen molar-refractivity contribution in [2.75, 3.05) is 6.54 Å². The second-order valence-corrected chi connectivity index (χ2v) is 4.58. The third-order valence-electron chi connectivity index (χ3n) is 1.85. The van der Waals surface area contributed by atoms with Crippen molar-refractivity contribution in [1.29, 1.82) is 0 Å². The zero-order chi connectivity index (χ0) is 11.4. The Balaban J connectivity index is 2.53. The Labute approximate surface area is 98.0 Å². The Bertz CT molecular complexity index is 311. The SMILES string of the molecule is CC(C)n1nc(Br)c(CNC[C@H](C)O)n1. The number of halogens is 1. The van der Waals surface area contributed by atoms with Gasteiger partial charge in [0.25, 0.3) is 0 Å². The fourth-order valence-electron chi connectivity index (χ4n) is 1.07. The van der Waals surface area contributed by atoms with Crippen molar-refractivity contribution in [3.05, 3.63) is 10.3 Å². The number of hydrogen-bond donors (Lipinski definition) is 2. The van der Waals surface area contributed by atoms with E-state index < -0.39 is 0 Å². The number of rotatable bonds is 5. The molecule has 0 fully saturated rings. The third kappa shape index (κ3) is 3.89. The summed E-state index contributed by atoms with van der Waals surface area (Å²) in [7, 11) is 0. The van der Waals surface area contributed by atoms with Gasteiger partial charge in [0, 0.05) is 13.1 Å². The van der Waals surface area contributed by atoms with Crippen LogP contribution in [0.5, 0.6) is 0 Å². The fraction of sp³-hybridized carbons (Fsp3) is 0.778. The van der Waals surface area contributed by atoms with Gasteiger partial charge in [-0.25, -0.2) is 0 Å². The monoisotopic (exact) mass is 276 g/mol. The molecule has 0 aromatic carbocycles. The van der Waals surface area contributed by atoms with E-state index in [1.807, 2.05) is 13.8 Å². The van der Waals surface area contributed by atoms with Gasteiger partial charge < -0.3 is 10.4 Å². The van der Waals surface area contributed by atoms with Crippen LogP contribution in [-0.4, -0.2) is 32.7 Å². The van der Waals surface area contributed by atoms with E-state index in [1.54, 1.807) is 11.7 Å². The van der Waals surface area contributed by atoms with Gasteiger partial charge in [-0.1, -0.05) is 0 Å². The molecule has 86 valence electrons. The predicted octanol–water partition coefficient (Wildman–Crippen LogP) is 1.09. The van der Waals surface area contributed by atoms with E-state index in [0.29, 0.717) is 13.1 Å². The lowest BCUT2D eigenvalue weighted by molar-refractivity contribution is 0.190. The van der Waals surface area contributed by atoms with E-state index in [0.717, 1.165) is 10.3 Å². The van der Waals surface area contributed by atoms with Gasteiger partial charge in [-0.05, 0) is 36.7 Å². The van der Waals surface area contributed by atoms with Crippen LogP contribution in [0.3, 0.4) is 0 Å². The normalized spacial score (nSPS) is 13.5. The molecule has 1 aromatic heterocycles. The van der Waals surface area contributed by atoms with Crippen molar-refractivity contribution in [3.63, 3.8) is 0 Å². The average Bonchev–Trinajstić information content (AvgIpc) is 2.47. The lowest BCUT2D eigenvalue weighted by Gasteiger charge is -2.04. The Morgan fingerprint density at radius 2 is 2.07 bits per heavy atom.